The van der Waals surface area contributed by atoms with Crippen molar-refractivity contribution < 1.29 is 14.7 Å². The molecular weight excluding hydrogens is 304 g/mol. The maximum atomic E-state index is 12.0. The SMILES string of the molecule is CC(C)C(CCO)NC(=O)/C=C/c1ccc(N2CCCC2=O)cc1. The summed E-state index contributed by atoms with van der Waals surface area (Å²) < 4.78 is 0. The summed E-state index contributed by atoms with van der Waals surface area (Å²) in [5.74, 6) is 0.272. The molecule has 0 aromatic heterocycles. The van der Waals surface area contributed by atoms with Gasteiger partial charge < -0.3 is 15.3 Å². The van der Waals surface area contributed by atoms with Crippen molar-refractivity contribution in [1.29, 1.82) is 0 Å². The van der Waals surface area contributed by atoms with Crippen LogP contribution in [-0.2, 0) is 9.59 Å². The lowest BCUT2D eigenvalue weighted by molar-refractivity contribution is -0.118. The van der Waals surface area contributed by atoms with E-state index in [2.05, 4.69) is 5.32 Å². The lowest BCUT2D eigenvalue weighted by Crippen LogP contribution is -2.38. The summed E-state index contributed by atoms with van der Waals surface area (Å²) in [7, 11) is 0. The van der Waals surface area contributed by atoms with Crippen LogP contribution in [0.4, 0.5) is 5.69 Å². The minimum absolute atomic E-state index is 0.0318. The predicted octanol–water partition coefficient (Wildman–Crippen LogP) is 2.35. The molecule has 2 rings (SSSR count). The van der Waals surface area contributed by atoms with E-state index in [0.717, 1.165) is 24.2 Å². The van der Waals surface area contributed by atoms with Gasteiger partial charge in [0.1, 0.15) is 0 Å². The van der Waals surface area contributed by atoms with E-state index in [1.54, 1.807) is 11.0 Å². The molecule has 1 aliphatic heterocycles. The van der Waals surface area contributed by atoms with Crippen LogP contribution in [0.25, 0.3) is 6.08 Å². The molecule has 1 fully saturated rings. The number of carbonyl (C=O) groups excluding carboxylic acids is 2. The zero-order valence-corrected chi connectivity index (χ0v) is 14.4. The summed E-state index contributed by atoms with van der Waals surface area (Å²) in [6.07, 6.45) is 5.33. The molecule has 2 amide bonds. The van der Waals surface area contributed by atoms with Gasteiger partial charge in [0.15, 0.2) is 0 Å². The van der Waals surface area contributed by atoms with Crippen molar-refractivity contribution in [3.63, 3.8) is 0 Å². The van der Waals surface area contributed by atoms with Crippen LogP contribution in [0.15, 0.2) is 30.3 Å². The Morgan fingerprint density at radius 3 is 2.58 bits per heavy atom. The molecule has 0 spiro atoms. The average Bonchev–Trinajstić information content (AvgIpc) is 2.99. The first kappa shape index (κ1) is 18.2. The van der Waals surface area contributed by atoms with Gasteiger partial charge in [-0.25, -0.2) is 0 Å². The van der Waals surface area contributed by atoms with E-state index in [1.807, 2.05) is 38.1 Å². The standard InChI is InChI=1S/C19H26N2O3/c1-14(2)17(11-13-22)20-18(23)10-7-15-5-8-16(9-6-15)21-12-3-4-19(21)24/h5-10,14,17,22H,3-4,11-13H2,1-2H3,(H,20,23)/b10-7+. The molecule has 1 aromatic carbocycles. The molecule has 1 heterocycles. The van der Waals surface area contributed by atoms with Gasteiger partial charge in [-0.15, -0.1) is 0 Å². The third-order valence-electron chi connectivity index (χ3n) is 4.28. The van der Waals surface area contributed by atoms with Crippen LogP contribution in [0.3, 0.4) is 0 Å². The number of hydrogen-bond acceptors (Lipinski definition) is 3. The first-order valence-corrected chi connectivity index (χ1v) is 8.51. The maximum Gasteiger partial charge on any atom is 0.244 e. The van der Waals surface area contributed by atoms with Gasteiger partial charge in [-0.3, -0.25) is 9.59 Å². The predicted molar refractivity (Wildman–Crippen MR) is 95.5 cm³/mol. The number of aliphatic hydroxyl groups excluding tert-OH is 1. The highest BCUT2D eigenvalue weighted by Gasteiger charge is 2.21. The largest absolute Gasteiger partial charge is 0.396 e. The Morgan fingerprint density at radius 1 is 1.33 bits per heavy atom. The molecule has 1 saturated heterocycles. The van der Waals surface area contributed by atoms with Crippen molar-refractivity contribution >= 4 is 23.6 Å². The summed E-state index contributed by atoms with van der Waals surface area (Å²) in [6.45, 7) is 4.87. The number of hydrogen-bond donors (Lipinski definition) is 2. The molecule has 0 radical (unpaired) electrons. The Kier molecular flexibility index (Phi) is 6.55. The van der Waals surface area contributed by atoms with Crippen molar-refractivity contribution in [3.8, 4) is 0 Å². The van der Waals surface area contributed by atoms with Crippen LogP contribution in [0.5, 0.6) is 0 Å². The third-order valence-corrected chi connectivity index (χ3v) is 4.28. The quantitative estimate of drug-likeness (QED) is 0.754. The fraction of sp³-hybridized carbons (Fsp3) is 0.474. The van der Waals surface area contributed by atoms with Gasteiger partial charge in [0.25, 0.3) is 0 Å². The van der Waals surface area contributed by atoms with Crippen LogP contribution in [0, 0.1) is 5.92 Å². The molecular formula is C19H26N2O3. The van der Waals surface area contributed by atoms with E-state index in [0.29, 0.717) is 12.8 Å². The molecule has 5 heteroatoms. The van der Waals surface area contributed by atoms with Crippen LogP contribution in [0.1, 0.15) is 38.7 Å². The van der Waals surface area contributed by atoms with Gasteiger partial charge in [-0.05, 0) is 42.5 Å². The number of rotatable bonds is 7. The second-order valence-corrected chi connectivity index (χ2v) is 6.45. The number of aliphatic hydroxyl groups is 1. The van der Waals surface area contributed by atoms with Crippen molar-refractivity contribution in [2.75, 3.05) is 18.1 Å². The molecule has 0 bridgehead atoms. The maximum absolute atomic E-state index is 12.0. The van der Waals surface area contributed by atoms with E-state index < -0.39 is 0 Å². The monoisotopic (exact) mass is 330 g/mol. The minimum Gasteiger partial charge on any atom is -0.396 e. The zero-order valence-electron chi connectivity index (χ0n) is 14.4. The molecule has 1 aliphatic rings. The van der Waals surface area contributed by atoms with Crippen LogP contribution in [-0.4, -0.2) is 36.1 Å². The van der Waals surface area contributed by atoms with E-state index in [-0.39, 0.29) is 30.4 Å². The Hall–Kier alpha value is -2.14. The van der Waals surface area contributed by atoms with Gasteiger partial charge in [-0.1, -0.05) is 26.0 Å². The molecule has 1 aromatic rings. The highest BCUT2D eigenvalue weighted by atomic mass is 16.3. The fourth-order valence-corrected chi connectivity index (χ4v) is 2.80. The van der Waals surface area contributed by atoms with Crippen molar-refractivity contribution in [2.24, 2.45) is 5.92 Å². The van der Waals surface area contributed by atoms with Crippen molar-refractivity contribution in [3.05, 3.63) is 35.9 Å². The van der Waals surface area contributed by atoms with Crippen LogP contribution >= 0.6 is 0 Å². The van der Waals surface area contributed by atoms with Crippen molar-refractivity contribution in [1.82, 2.24) is 5.32 Å². The Morgan fingerprint density at radius 2 is 2.04 bits per heavy atom. The lowest BCUT2D eigenvalue weighted by Gasteiger charge is -2.20. The number of carbonyl (C=O) groups is 2. The molecule has 2 N–H and O–H groups in total. The number of anilines is 1. The van der Waals surface area contributed by atoms with E-state index in [1.165, 1.54) is 6.08 Å². The zero-order chi connectivity index (χ0) is 17.5. The second-order valence-electron chi connectivity index (χ2n) is 6.45. The van der Waals surface area contributed by atoms with E-state index >= 15 is 0 Å². The summed E-state index contributed by atoms with van der Waals surface area (Å²) >= 11 is 0. The van der Waals surface area contributed by atoms with E-state index in [4.69, 9.17) is 5.11 Å². The molecule has 1 atom stereocenters. The Labute approximate surface area is 143 Å². The van der Waals surface area contributed by atoms with E-state index in [9.17, 15) is 9.59 Å². The number of nitrogens with one attached hydrogen (secondary N) is 1. The third kappa shape index (κ3) is 4.93. The smallest absolute Gasteiger partial charge is 0.244 e. The first-order valence-electron chi connectivity index (χ1n) is 8.51. The Bertz CT molecular complexity index is 593. The minimum atomic E-state index is -0.166. The molecule has 130 valence electrons. The van der Waals surface area contributed by atoms with Gasteiger partial charge >= 0.3 is 0 Å². The summed E-state index contributed by atoms with van der Waals surface area (Å²) in [5.41, 5.74) is 1.81. The summed E-state index contributed by atoms with van der Waals surface area (Å²) in [6, 6.07) is 7.58. The lowest BCUT2D eigenvalue weighted by atomic mass is 10.0. The molecule has 1 unspecified atom stereocenters. The number of benzene rings is 1. The van der Waals surface area contributed by atoms with Crippen LogP contribution in [0.2, 0.25) is 0 Å². The highest BCUT2D eigenvalue weighted by molar-refractivity contribution is 5.95. The molecule has 0 aliphatic carbocycles. The first-order chi connectivity index (χ1) is 11.5. The van der Waals surface area contributed by atoms with Gasteiger partial charge in [0.2, 0.25) is 11.8 Å². The molecule has 24 heavy (non-hydrogen) atoms. The van der Waals surface area contributed by atoms with Gasteiger partial charge in [0.05, 0.1) is 0 Å². The average molecular weight is 330 g/mol. The van der Waals surface area contributed by atoms with Crippen molar-refractivity contribution in [2.45, 2.75) is 39.2 Å². The molecule has 0 saturated carbocycles. The summed E-state index contributed by atoms with van der Waals surface area (Å²) in [5, 5.41) is 12.0. The highest BCUT2D eigenvalue weighted by Crippen LogP contribution is 2.21. The van der Waals surface area contributed by atoms with Gasteiger partial charge in [0, 0.05) is 37.4 Å². The normalized spacial score (nSPS) is 16.2. The Balaban J connectivity index is 1.93. The molecule has 5 nitrogen and oxygen atoms in total. The summed E-state index contributed by atoms with van der Waals surface area (Å²) in [4.78, 5) is 25.5. The second kappa shape index (κ2) is 8.64. The number of nitrogens with zero attached hydrogens (tertiary/aromatic N) is 1. The van der Waals surface area contributed by atoms with Crippen LogP contribution < -0.4 is 10.2 Å². The fourth-order valence-electron chi connectivity index (χ4n) is 2.80. The number of amides is 2. The topological polar surface area (TPSA) is 69.6 Å². The van der Waals surface area contributed by atoms with Gasteiger partial charge in [-0.2, -0.15) is 0 Å².